The molecule has 0 heterocycles. The van der Waals surface area contributed by atoms with Gasteiger partial charge in [-0.05, 0) is 35.7 Å². The summed E-state index contributed by atoms with van der Waals surface area (Å²) < 4.78 is 0. The Balaban J connectivity index is 2.74. The minimum atomic E-state index is 0.151. The lowest BCUT2D eigenvalue weighted by atomic mass is 9.97. The zero-order valence-corrected chi connectivity index (χ0v) is 9.08. The average Bonchev–Trinajstić information content (AvgIpc) is 2.27. The molecule has 0 aliphatic heterocycles. The van der Waals surface area contributed by atoms with Gasteiger partial charge in [-0.3, -0.25) is 4.79 Å². The number of hydrogen-bond donors (Lipinski definition) is 0. The lowest BCUT2D eigenvalue weighted by Crippen LogP contribution is -1.98. The Hall–Kier alpha value is -1.63. The van der Waals surface area contributed by atoms with Crippen molar-refractivity contribution >= 4 is 16.6 Å². The third-order valence-electron chi connectivity index (χ3n) is 2.73. The van der Waals surface area contributed by atoms with Crippen LogP contribution in [0.25, 0.3) is 10.8 Å². The first-order chi connectivity index (χ1) is 7.22. The summed E-state index contributed by atoms with van der Waals surface area (Å²) in [5, 5.41) is 2.35. The van der Waals surface area contributed by atoms with Gasteiger partial charge in [0.2, 0.25) is 0 Å². The summed E-state index contributed by atoms with van der Waals surface area (Å²) >= 11 is 0. The number of carbonyl (C=O) groups is 1. The first-order valence-electron chi connectivity index (χ1n) is 5.25. The second kappa shape index (κ2) is 3.85. The van der Waals surface area contributed by atoms with Crippen LogP contribution in [0.2, 0.25) is 0 Å². The quantitative estimate of drug-likeness (QED) is 0.674. The number of benzene rings is 2. The molecule has 0 aromatic heterocycles. The van der Waals surface area contributed by atoms with Crippen LogP contribution in [-0.4, -0.2) is 5.78 Å². The van der Waals surface area contributed by atoms with E-state index in [1.54, 1.807) is 6.92 Å². The molecule has 2 rings (SSSR count). The van der Waals surface area contributed by atoms with E-state index in [0.717, 1.165) is 22.9 Å². The summed E-state index contributed by atoms with van der Waals surface area (Å²) in [6.45, 7) is 3.71. The average molecular weight is 198 g/mol. The predicted molar refractivity (Wildman–Crippen MR) is 63.3 cm³/mol. The SMILES string of the molecule is CCc1cc2ccccc2cc1C(C)=O. The number of hydrogen-bond acceptors (Lipinski definition) is 1. The first kappa shape index (κ1) is 9.91. The highest BCUT2D eigenvalue weighted by Gasteiger charge is 2.06. The number of ketones is 1. The number of fused-ring (bicyclic) bond motifs is 1. The van der Waals surface area contributed by atoms with Crippen LogP contribution >= 0.6 is 0 Å². The van der Waals surface area contributed by atoms with Gasteiger partial charge < -0.3 is 0 Å². The molecule has 1 heteroatoms. The number of carbonyl (C=O) groups excluding carboxylic acids is 1. The molecule has 2 aromatic rings. The largest absolute Gasteiger partial charge is 0.295 e. The van der Waals surface area contributed by atoms with Crippen LogP contribution in [0, 0.1) is 0 Å². The van der Waals surface area contributed by atoms with Crippen molar-refractivity contribution < 1.29 is 4.79 Å². The Morgan fingerprint density at radius 2 is 1.73 bits per heavy atom. The van der Waals surface area contributed by atoms with Gasteiger partial charge in [0.1, 0.15) is 0 Å². The number of rotatable bonds is 2. The maximum atomic E-state index is 11.5. The van der Waals surface area contributed by atoms with Crippen molar-refractivity contribution in [1.82, 2.24) is 0 Å². The first-order valence-corrected chi connectivity index (χ1v) is 5.25. The van der Waals surface area contributed by atoms with E-state index in [4.69, 9.17) is 0 Å². The van der Waals surface area contributed by atoms with Crippen molar-refractivity contribution in [2.45, 2.75) is 20.3 Å². The summed E-state index contributed by atoms with van der Waals surface area (Å²) in [6.07, 6.45) is 0.903. The van der Waals surface area contributed by atoms with Crippen molar-refractivity contribution in [3.8, 4) is 0 Å². The highest BCUT2D eigenvalue weighted by atomic mass is 16.1. The normalized spacial score (nSPS) is 10.5. The fraction of sp³-hybridized carbons (Fsp3) is 0.214. The Bertz CT molecular complexity index is 512. The Labute approximate surface area is 89.7 Å². The molecule has 0 saturated heterocycles. The van der Waals surface area contributed by atoms with Gasteiger partial charge >= 0.3 is 0 Å². The molecule has 0 aliphatic rings. The molecule has 0 unspecified atom stereocenters. The lowest BCUT2D eigenvalue weighted by Gasteiger charge is -2.07. The van der Waals surface area contributed by atoms with E-state index < -0.39 is 0 Å². The zero-order valence-electron chi connectivity index (χ0n) is 9.08. The van der Waals surface area contributed by atoms with Gasteiger partial charge in [0.05, 0.1) is 0 Å². The zero-order chi connectivity index (χ0) is 10.8. The van der Waals surface area contributed by atoms with E-state index in [1.165, 1.54) is 5.39 Å². The molecule has 76 valence electrons. The Kier molecular flexibility index (Phi) is 2.55. The maximum absolute atomic E-state index is 11.5. The highest BCUT2D eigenvalue weighted by molar-refractivity contribution is 6.00. The number of Topliss-reactive ketones (excluding diaryl/α,β-unsaturated/α-hetero) is 1. The van der Waals surface area contributed by atoms with Gasteiger partial charge in [-0.25, -0.2) is 0 Å². The summed E-state index contributed by atoms with van der Waals surface area (Å²) in [4.78, 5) is 11.5. The van der Waals surface area contributed by atoms with Crippen LogP contribution in [0.3, 0.4) is 0 Å². The van der Waals surface area contributed by atoms with Crippen molar-refractivity contribution in [1.29, 1.82) is 0 Å². The molecule has 0 bridgehead atoms. The van der Waals surface area contributed by atoms with E-state index in [9.17, 15) is 4.79 Å². The molecule has 0 N–H and O–H groups in total. The predicted octanol–water partition coefficient (Wildman–Crippen LogP) is 3.60. The second-order valence-electron chi connectivity index (χ2n) is 3.77. The molecular formula is C14H14O. The Morgan fingerprint density at radius 3 is 2.27 bits per heavy atom. The summed E-state index contributed by atoms with van der Waals surface area (Å²) in [7, 11) is 0. The molecule has 0 saturated carbocycles. The second-order valence-corrected chi connectivity index (χ2v) is 3.77. The van der Waals surface area contributed by atoms with E-state index in [2.05, 4.69) is 19.1 Å². The third kappa shape index (κ3) is 1.78. The molecule has 1 nitrogen and oxygen atoms in total. The molecule has 0 amide bonds. The molecule has 15 heavy (non-hydrogen) atoms. The van der Waals surface area contributed by atoms with Crippen LogP contribution in [0.1, 0.15) is 29.8 Å². The molecule has 2 aromatic carbocycles. The van der Waals surface area contributed by atoms with Crippen LogP contribution in [0.4, 0.5) is 0 Å². The van der Waals surface area contributed by atoms with Gasteiger partial charge in [0.15, 0.2) is 5.78 Å². The Morgan fingerprint density at radius 1 is 1.13 bits per heavy atom. The molecule has 0 fully saturated rings. The van der Waals surface area contributed by atoms with E-state index in [1.807, 2.05) is 24.3 Å². The molecular weight excluding hydrogens is 184 g/mol. The smallest absolute Gasteiger partial charge is 0.160 e. The van der Waals surface area contributed by atoms with Gasteiger partial charge in [-0.15, -0.1) is 0 Å². The van der Waals surface area contributed by atoms with Gasteiger partial charge in [-0.2, -0.15) is 0 Å². The number of aryl methyl sites for hydroxylation is 1. The van der Waals surface area contributed by atoms with Gasteiger partial charge in [-0.1, -0.05) is 37.3 Å². The third-order valence-corrected chi connectivity index (χ3v) is 2.73. The van der Waals surface area contributed by atoms with E-state index in [-0.39, 0.29) is 5.78 Å². The maximum Gasteiger partial charge on any atom is 0.160 e. The van der Waals surface area contributed by atoms with Crippen LogP contribution in [0.15, 0.2) is 36.4 Å². The summed E-state index contributed by atoms with van der Waals surface area (Å²) in [5.41, 5.74) is 2.00. The molecule has 0 atom stereocenters. The van der Waals surface area contributed by atoms with Crippen molar-refractivity contribution in [2.24, 2.45) is 0 Å². The van der Waals surface area contributed by atoms with E-state index in [0.29, 0.717) is 0 Å². The fourth-order valence-electron chi connectivity index (χ4n) is 1.91. The van der Waals surface area contributed by atoms with Gasteiger partial charge in [0, 0.05) is 5.56 Å². The summed E-state index contributed by atoms with van der Waals surface area (Å²) in [6, 6.07) is 12.3. The minimum absolute atomic E-state index is 0.151. The van der Waals surface area contributed by atoms with Crippen LogP contribution in [-0.2, 0) is 6.42 Å². The molecule has 0 spiro atoms. The molecule has 0 aliphatic carbocycles. The minimum Gasteiger partial charge on any atom is -0.295 e. The topological polar surface area (TPSA) is 17.1 Å². The standard InChI is InChI=1S/C14H14O/c1-3-11-8-12-6-4-5-7-13(12)9-14(11)10(2)15/h4-9H,3H2,1-2H3. The lowest BCUT2D eigenvalue weighted by molar-refractivity contribution is 0.101. The van der Waals surface area contributed by atoms with Crippen molar-refractivity contribution in [2.75, 3.05) is 0 Å². The van der Waals surface area contributed by atoms with E-state index >= 15 is 0 Å². The van der Waals surface area contributed by atoms with Gasteiger partial charge in [0.25, 0.3) is 0 Å². The van der Waals surface area contributed by atoms with Crippen LogP contribution in [0.5, 0.6) is 0 Å². The molecule has 0 radical (unpaired) electrons. The van der Waals surface area contributed by atoms with Crippen molar-refractivity contribution in [3.63, 3.8) is 0 Å². The van der Waals surface area contributed by atoms with Crippen LogP contribution < -0.4 is 0 Å². The summed E-state index contributed by atoms with van der Waals surface area (Å²) in [5.74, 6) is 0.151. The monoisotopic (exact) mass is 198 g/mol. The van der Waals surface area contributed by atoms with Crippen molar-refractivity contribution in [3.05, 3.63) is 47.5 Å². The fourth-order valence-corrected chi connectivity index (χ4v) is 1.91. The highest BCUT2D eigenvalue weighted by Crippen LogP contribution is 2.20.